The first-order valence-corrected chi connectivity index (χ1v) is 16.1. The highest BCUT2D eigenvalue weighted by molar-refractivity contribution is 7.25. The van der Waals surface area contributed by atoms with E-state index in [2.05, 4.69) is 109 Å². The summed E-state index contributed by atoms with van der Waals surface area (Å²) in [6, 6.07) is 46.9. The minimum Gasteiger partial charge on any atom is -0.423 e. The third-order valence-corrected chi connectivity index (χ3v) is 9.15. The molecule has 1 heterocycles. The van der Waals surface area contributed by atoms with Gasteiger partial charge in [0.15, 0.2) is 0 Å². The topological polar surface area (TPSA) is 55.8 Å². The van der Waals surface area contributed by atoms with Crippen molar-refractivity contribution in [3.63, 3.8) is 0 Å². The van der Waals surface area contributed by atoms with Crippen molar-refractivity contribution in [2.45, 2.75) is 0 Å². The van der Waals surface area contributed by atoms with Gasteiger partial charge in [-0.25, -0.2) is 9.59 Å². The molecule has 6 aromatic carbocycles. The molecule has 0 atom stereocenters. The number of benzene rings is 6. The van der Waals surface area contributed by atoms with Gasteiger partial charge in [0.1, 0.15) is 11.5 Å². The summed E-state index contributed by atoms with van der Waals surface area (Å²) in [6.45, 7) is 6.90. The molecule has 232 valence electrons. The normalized spacial score (nSPS) is 10.8. The lowest BCUT2D eigenvalue weighted by molar-refractivity contribution is -0.129. The number of esters is 2. The monoisotopic (exact) mass is 643 g/mol. The van der Waals surface area contributed by atoms with Crippen molar-refractivity contribution >= 4 is 60.5 Å². The maximum Gasteiger partial charge on any atom is 0.335 e. The van der Waals surface area contributed by atoms with Gasteiger partial charge in [-0.1, -0.05) is 86.0 Å². The van der Waals surface area contributed by atoms with Crippen LogP contribution in [0.1, 0.15) is 0 Å². The van der Waals surface area contributed by atoms with E-state index in [1.807, 2.05) is 24.3 Å². The highest BCUT2D eigenvalue weighted by Crippen LogP contribution is 2.41. The molecule has 0 unspecified atom stereocenters. The lowest BCUT2D eigenvalue weighted by atomic mass is 10.0. The summed E-state index contributed by atoms with van der Waals surface area (Å²) in [5, 5.41) is 2.51. The molecule has 0 saturated heterocycles. The third-order valence-electron chi connectivity index (χ3n) is 8.02. The first kappa shape index (κ1) is 30.4. The number of ether oxygens (including phenoxy) is 2. The molecule has 1 aromatic heterocycles. The molecule has 6 heteroatoms. The van der Waals surface area contributed by atoms with Crippen molar-refractivity contribution in [3.05, 3.63) is 165 Å². The molecule has 0 radical (unpaired) electrons. The van der Waals surface area contributed by atoms with Gasteiger partial charge in [0.05, 0.1) is 0 Å². The molecule has 0 bridgehead atoms. The van der Waals surface area contributed by atoms with Gasteiger partial charge < -0.3 is 14.4 Å². The summed E-state index contributed by atoms with van der Waals surface area (Å²) < 4.78 is 12.9. The van der Waals surface area contributed by atoms with Crippen LogP contribution in [0.3, 0.4) is 0 Å². The minimum atomic E-state index is -0.487. The second-order valence-electron chi connectivity index (χ2n) is 11.0. The fourth-order valence-corrected chi connectivity index (χ4v) is 6.79. The largest absolute Gasteiger partial charge is 0.423 e. The third kappa shape index (κ3) is 6.25. The Morgan fingerprint density at radius 2 is 0.917 bits per heavy atom. The van der Waals surface area contributed by atoms with Gasteiger partial charge in [-0.3, -0.25) is 0 Å². The van der Waals surface area contributed by atoms with Gasteiger partial charge in [0.2, 0.25) is 0 Å². The molecule has 0 fully saturated rings. The van der Waals surface area contributed by atoms with Crippen LogP contribution >= 0.6 is 11.3 Å². The molecular weight excluding hydrogens is 615 g/mol. The van der Waals surface area contributed by atoms with Gasteiger partial charge in [-0.2, -0.15) is 0 Å². The predicted octanol–water partition coefficient (Wildman–Crippen LogP) is 11.0. The van der Waals surface area contributed by atoms with Gasteiger partial charge in [0.25, 0.3) is 0 Å². The number of thiophene rings is 1. The number of fused-ring (bicyclic) bond motifs is 3. The average molecular weight is 644 g/mol. The standard InChI is InChI=1S/C42H29NO4S/c1-3-41(44)46-35-22-13-30(14-23-35)28-9-17-32(18-10-28)43(34-21-26-38-37-7-5-6-8-39(37)48-40(38)27-34)33-19-11-29(12-20-33)31-15-24-36(25-16-31)47-42(45)4-2/h3-27H,1-2H2. The van der Waals surface area contributed by atoms with Crippen LogP contribution in [-0.2, 0) is 9.59 Å². The van der Waals surface area contributed by atoms with E-state index in [1.165, 1.54) is 20.2 Å². The summed E-state index contributed by atoms with van der Waals surface area (Å²) in [7, 11) is 0. The summed E-state index contributed by atoms with van der Waals surface area (Å²) >= 11 is 1.80. The van der Waals surface area contributed by atoms with Crippen LogP contribution in [-0.4, -0.2) is 11.9 Å². The van der Waals surface area contributed by atoms with Gasteiger partial charge in [0, 0.05) is 49.4 Å². The molecule has 5 nitrogen and oxygen atoms in total. The van der Waals surface area contributed by atoms with Crippen molar-refractivity contribution < 1.29 is 19.1 Å². The van der Waals surface area contributed by atoms with E-state index in [9.17, 15) is 9.59 Å². The lowest BCUT2D eigenvalue weighted by Crippen LogP contribution is -2.09. The quantitative estimate of drug-likeness (QED) is 0.0890. The van der Waals surface area contributed by atoms with Crippen LogP contribution in [0.2, 0.25) is 0 Å². The van der Waals surface area contributed by atoms with Crippen LogP contribution in [0, 0.1) is 0 Å². The van der Waals surface area contributed by atoms with Gasteiger partial charge >= 0.3 is 11.9 Å². The molecule has 48 heavy (non-hydrogen) atoms. The Kier molecular flexibility index (Phi) is 8.39. The molecule has 7 aromatic rings. The van der Waals surface area contributed by atoms with Crippen LogP contribution in [0.4, 0.5) is 17.1 Å². The van der Waals surface area contributed by atoms with Crippen LogP contribution in [0.15, 0.2) is 165 Å². The predicted molar refractivity (Wildman–Crippen MR) is 197 cm³/mol. The van der Waals surface area contributed by atoms with E-state index in [0.29, 0.717) is 11.5 Å². The fraction of sp³-hybridized carbons (Fsp3) is 0. The van der Waals surface area contributed by atoms with Crippen molar-refractivity contribution in [3.8, 4) is 33.8 Å². The molecule has 0 aliphatic carbocycles. The van der Waals surface area contributed by atoms with E-state index >= 15 is 0 Å². The maximum atomic E-state index is 11.6. The van der Waals surface area contributed by atoms with Crippen LogP contribution in [0.5, 0.6) is 11.5 Å². The molecule has 0 N–H and O–H groups in total. The van der Waals surface area contributed by atoms with E-state index < -0.39 is 11.9 Å². The summed E-state index contributed by atoms with van der Waals surface area (Å²) in [5.74, 6) is -0.0331. The Bertz CT molecular complexity index is 2180. The number of hydrogen-bond donors (Lipinski definition) is 0. The van der Waals surface area contributed by atoms with Crippen LogP contribution in [0.25, 0.3) is 42.4 Å². The molecule has 7 rings (SSSR count). The SMILES string of the molecule is C=CC(=O)Oc1ccc(-c2ccc(N(c3ccc(-c4ccc(OC(=O)C=C)cc4)cc3)c3ccc4c(c3)sc3ccccc34)cc2)cc1. The number of hydrogen-bond acceptors (Lipinski definition) is 6. The second-order valence-corrected chi connectivity index (χ2v) is 12.1. The second kappa shape index (κ2) is 13.2. The molecular formula is C42H29NO4S. The summed E-state index contributed by atoms with van der Waals surface area (Å²) in [4.78, 5) is 25.4. The van der Waals surface area contributed by atoms with E-state index in [1.54, 1.807) is 35.6 Å². The number of carbonyl (C=O) groups excluding carboxylic acids is 2. The Morgan fingerprint density at radius 3 is 1.40 bits per heavy atom. The molecule has 0 aliphatic rings. The number of nitrogens with zero attached hydrogens (tertiary/aromatic N) is 1. The average Bonchev–Trinajstić information content (AvgIpc) is 3.51. The Labute approximate surface area is 282 Å². The Balaban J connectivity index is 1.23. The zero-order valence-electron chi connectivity index (χ0n) is 25.8. The van der Waals surface area contributed by atoms with Crippen molar-refractivity contribution in [2.24, 2.45) is 0 Å². The van der Waals surface area contributed by atoms with Crippen molar-refractivity contribution in [1.82, 2.24) is 0 Å². The number of rotatable bonds is 9. The fourth-order valence-electron chi connectivity index (χ4n) is 5.65. The van der Waals surface area contributed by atoms with E-state index in [4.69, 9.17) is 9.47 Å². The lowest BCUT2D eigenvalue weighted by Gasteiger charge is -2.26. The van der Waals surface area contributed by atoms with Crippen molar-refractivity contribution in [2.75, 3.05) is 4.90 Å². The Morgan fingerprint density at radius 1 is 0.500 bits per heavy atom. The highest BCUT2D eigenvalue weighted by Gasteiger charge is 2.16. The van der Waals surface area contributed by atoms with Crippen LogP contribution < -0.4 is 14.4 Å². The molecule has 0 spiro atoms. The number of anilines is 3. The van der Waals surface area contributed by atoms with E-state index in [-0.39, 0.29) is 0 Å². The summed E-state index contributed by atoms with van der Waals surface area (Å²) in [6.07, 6.45) is 2.29. The Hall–Kier alpha value is -6.24. The summed E-state index contributed by atoms with van der Waals surface area (Å²) in [5.41, 5.74) is 7.17. The molecule has 0 saturated carbocycles. The zero-order chi connectivity index (χ0) is 33.0. The first-order chi connectivity index (χ1) is 23.5. The maximum absolute atomic E-state index is 11.6. The molecule has 0 amide bonds. The zero-order valence-corrected chi connectivity index (χ0v) is 26.7. The minimum absolute atomic E-state index is 0.471. The highest BCUT2D eigenvalue weighted by atomic mass is 32.1. The smallest absolute Gasteiger partial charge is 0.335 e. The number of carbonyl (C=O) groups is 2. The van der Waals surface area contributed by atoms with Crippen molar-refractivity contribution in [1.29, 1.82) is 0 Å². The van der Waals surface area contributed by atoms with Gasteiger partial charge in [-0.15, -0.1) is 11.3 Å². The van der Waals surface area contributed by atoms with Gasteiger partial charge in [-0.05, 0) is 89.0 Å². The van der Waals surface area contributed by atoms with E-state index in [0.717, 1.165) is 51.5 Å². The first-order valence-electron chi connectivity index (χ1n) is 15.3. The molecule has 0 aliphatic heterocycles.